The van der Waals surface area contributed by atoms with Gasteiger partial charge in [-0.2, -0.15) is 0 Å². The molecule has 0 fully saturated rings. The van der Waals surface area contributed by atoms with Crippen LogP contribution >= 0.6 is 31.9 Å². The maximum Gasteiger partial charge on any atom is 0.335 e. The van der Waals surface area contributed by atoms with Crippen LogP contribution in [0, 0.1) is 6.92 Å². The number of aryl methyl sites for hydroxylation is 1. The zero-order valence-electron chi connectivity index (χ0n) is 13.4. The van der Waals surface area contributed by atoms with E-state index in [1.807, 2.05) is 13.0 Å². The van der Waals surface area contributed by atoms with Crippen LogP contribution in [0.2, 0.25) is 0 Å². The van der Waals surface area contributed by atoms with E-state index >= 15 is 0 Å². The predicted octanol–water partition coefficient (Wildman–Crippen LogP) is 3.21. The van der Waals surface area contributed by atoms with Crippen LogP contribution in [0.15, 0.2) is 60.1 Å². The summed E-state index contributed by atoms with van der Waals surface area (Å²) < 4.78 is 2.38. The minimum Gasteiger partial charge on any atom is -0.493 e. The first kappa shape index (κ1) is 18.3. The molecule has 9 heteroatoms. The largest absolute Gasteiger partial charge is 0.493 e. The van der Waals surface area contributed by atoms with Crippen LogP contribution in [0.5, 0.6) is 5.88 Å². The molecule has 0 amide bonds. The monoisotopic (exact) mass is 478 g/mol. The van der Waals surface area contributed by atoms with Crippen molar-refractivity contribution in [3.05, 3.63) is 77.4 Å². The summed E-state index contributed by atoms with van der Waals surface area (Å²) >= 11 is 6.61. The highest BCUT2D eigenvalue weighted by atomic mass is 79.9. The number of hydrogen-bond donors (Lipinski definition) is 2. The molecule has 0 aliphatic carbocycles. The average molecular weight is 480 g/mol. The molecule has 0 aliphatic heterocycles. The van der Waals surface area contributed by atoms with Crippen molar-refractivity contribution in [3.8, 4) is 11.6 Å². The molecule has 7 nitrogen and oxygen atoms in total. The molecule has 0 saturated carbocycles. The van der Waals surface area contributed by atoms with Gasteiger partial charge in [0, 0.05) is 16.9 Å². The number of rotatable bonds is 3. The van der Waals surface area contributed by atoms with Crippen molar-refractivity contribution in [2.24, 2.45) is 4.99 Å². The third-order valence-corrected chi connectivity index (χ3v) is 4.50. The molecule has 26 heavy (non-hydrogen) atoms. The number of pyridine rings is 1. The zero-order valence-corrected chi connectivity index (χ0v) is 16.6. The van der Waals surface area contributed by atoms with Crippen LogP contribution in [0.3, 0.4) is 0 Å². The van der Waals surface area contributed by atoms with Gasteiger partial charge in [-0.1, -0.05) is 12.1 Å². The smallest absolute Gasteiger partial charge is 0.335 e. The van der Waals surface area contributed by atoms with E-state index in [-0.39, 0.29) is 5.56 Å². The number of aliphatic imine (C=N–C) groups is 1. The summed E-state index contributed by atoms with van der Waals surface area (Å²) in [6, 6.07) is 8.72. The molecule has 0 saturated heterocycles. The van der Waals surface area contributed by atoms with Crippen LogP contribution < -0.4 is 11.2 Å². The van der Waals surface area contributed by atoms with Crippen molar-refractivity contribution >= 4 is 43.9 Å². The number of aromatic hydroxyl groups is 1. The SMILES string of the molecule is Cc1cccc(-n2c(O)c(/C=N/c3ncc(Br)cc3Br)c(=O)[nH]c2=O)c1. The van der Waals surface area contributed by atoms with Crippen molar-refractivity contribution in [1.29, 1.82) is 0 Å². The van der Waals surface area contributed by atoms with E-state index in [9.17, 15) is 14.7 Å². The minimum atomic E-state index is -0.742. The number of halogens is 2. The van der Waals surface area contributed by atoms with Gasteiger partial charge in [0.2, 0.25) is 5.88 Å². The Labute approximate surface area is 164 Å². The lowest BCUT2D eigenvalue weighted by Crippen LogP contribution is -2.31. The van der Waals surface area contributed by atoms with Gasteiger partial charge in [-0.25, -0.2) is 19.3 Å². The third kappa shape index (κ3) is 3.68. The molecule has 3 aromatic rings. The van der Waals surface area contributed by atoms with E-state index in [4.69, 9.17) is 0 Å². The van der Waals surface area contributed by atoms with E-state index in [0.29, 0.717) is 16.0 Å². The fraction of sp³-hybridized carbons (Fsp3) is 0.0588. The Kier molecular flexibility index (Phi) is 5.19. The maximum absolute atomic E-state index is 12.2. The van der Waals surface area contributed by atoms with Crippen molar-refractivity contribution in [3.63, 3.8) is 0 Å². The van der Waals surface area contributed by atoms with Gasteiger partial charge >= 0.3 is 5.69 Å². The second-order valence-corrected chi connectivity index (χ2v) is 7.16. The Bertz CT molecular complexity index is 1140. The molecule has 2 N–H and O–H groups in total. The first-order valence-corrected chi connectivity index (χ1v) is 8.96. The molecule has 2 aromatic heterocycles. The quantitative estimate of drug-likeness (QED) is 0.563. The van der Waals surface area contributed by atoms with E-state index in [1.165, 1.54) is 6.21 Å². The van der Waals surface area contributed by atoms with Crippen LogP contribution in [0.25, 0.3) is 5.69 Å². The van der Waals surface area contributed by atoms with E-state index in [1.54, 1.807) is 30.5 Å². The Morgan fingerprint density at radius 2 is 2.04 bits per heavy atom. The van der Waals surface area contributed by atoms with Gasteiger partial charge in [-0.05, 0) is 62.5 Å². The predicted molar refractivity (Wildman–Crippen MR) is 106 cm³/mol. The Balaban J connectivity index is 2.14. The highest BCUT2D eigenvalue weighted by Crippen LogP contribution is 2.26. The molecule has 132 valence electrons. The van der Waals surface area contributed by atoms with Gasteiger partial charge < -0.3 is 5.11 Å². The lowest BCUT2D eigenvalue weighted by Gasteiger charge is -2.10. The molecule has 0 atom stereocenters. The molecular formula is C17H12Br2N4O3. The number of nitrogens with one attached hydrogen (secondary N) is 1. The summed E-state index contributed by atoms with van der Waals surface area (Å²) in [4.78, 5) is 34.7. The van der Waals surface area contributed by atoms with E-state index < -0.39 is 17.1 Å². The number of benzene rings is 1. The molecule has 3 rings (SSSR count). The first-order valence-electron chi connectivity index (χ1n) is 7.37. The van der Waals surface area contributed by atoms with Crippen LogP contribution in [0.4, 0.5) is 5.82 Å². The Morgan fingerprint density at radius 3 is 2.73 bits per heavy atom. The Hall–Kier alpha value is -2.52. The summed E-state index contributed by atoms with van der Waals surface area (Å²) in [7, 11) is 0. The number of H-pyrrole nitrogens is 1. The number of aromatic nitrogens is 3. The summed E-state index contributed by atoms with van der Waals surface area (Å²) in [6.45, 7) is 1.86. The summed E-state index contributed by atoms with van der Waals surface area (Å²) in [6.07, 6.45) is 2.72. The van der Waals surface area contributed by atoms with Crippen molar-refractivity contribution < 1.29 is 5.11 Å². The zero-order chi connectivity index (χ0) is 18.8. The molecule has 0 bridgehead atoms. The van der Waals surface area contributed by atoms with Crippen molar-refractivity contribution in [2.45, 2.75) is 6.92 Å². The van der Waals surface area contributed by atoms with Gasteiger partial charge in [0.1, 0.15) is 5.56 Å². The molecule has 2 heterocycles. The van der Waals surface area contributed by atoms with Crippen LogP contribution in [0.1, 0.15) is 11.1 Å². The Morgan fingerprint density at radius 1 is 1.27 bits per heavy atom. The van der Waals surface area contributed by atoms with Crippen molar-refractivity contribution in [1.82, 2.24) is 14.5 Å². The molecule has 0 aliphatic rings. The fourth-order valence-electron chi connectivity index (χ4n) is 2.29. The minimum absolute atomic E-state index is 0.150. The second-order valence-electron chi connectivity index (χ2n) is 5.39. The van der Waals surface area contributed by atoms with Gasteiger partial charge in [0.15, 0.2) is 5.82 Å². The molecular weight excluding hydrogens is 468 g/mol. The molecule has 0 spiro atoms. The summed E-state index contributed by atoms with van der Waals surface area (Å²) in [5.41, 5.74) is -0.297. The highest BCUT2D eigenvalue weighted by molar-refractivity contribution is 9.11. The van der Waals surface area contributed by atoms with E-state index in [2.05, 4.69) is 46.8 Å². The molecule has 1 aromatic carbocycles. The standard InChI is InChI=1S/C17H12Br2N4O3/c1-9-3-2-4-11(5-9)23-16(25)12(15(24)22-17(23)26)8-21-14-13(19)6-10(18)7-20-14/h2-8,25H,1H3,(H,22,24,26)/b21-8+. The summed E-state index contributed by atoms with van der Waals surface area (Å²) in [5.74, 6) is -0.179. The maximum atomic E-state index is 12.2. The average Bonchev–Trinajstić information content (AvgIpc) is 2.56. The van der Waals surface area contributed by atoms with Crippen LogP contribution in [-0.2, 0) is 0 Å². The molecule has 0 radical (unpaired) electrons. The summed E-state index contributed by atoms with van der Waals surface area (Å²) in [5, 5.41) is 10.5. The first-order chi connectivity index (χ1) is 12.4. The van der Waals surface area contributed by atoms with Gasteiger partial charge in [-0.3, -0.25) is 9.78 Å². The molecule has 0 unspecified atom stereocenters. The van der Waals surface area contributed by atoms with Gasteiger partial charge in [-0.15, -0.1) is 0 Å². The lowest BCUT2D eigenvalue weighted by atomic mass is 10.2. The number of aromatic amines is 1. The van der Waals surface area contributed by atoms with Crippen LogP contribution in [-0.4, -0.2) is 25.9 Å². The van der Waals surface area contributed by atoms with Gasteiger partial charge in [0.25, 0.3) is 5.56 Å². The third-order valence-electron chi connectivity index (χ3n) is 3.49. The van der Waals surface area contributed by atoms with E-state index in [0.717, 1.165) is 14.6 Å². The number of hydrogen-bond acceptors (Lipinski definition) is 5. The normalized spacial score (nSPS) is 11.2. The second kappa shape index (κ2) is 7.38. The van der Waals surface area contributed by atoms with Crippen molar-refractivity contribution in [2.75, 3.05) is 0 Å². The van der Waals surface area contributed by atoms with Gasteiger partial charge in [0.05, 0.1) is 10.2 Å². The highest BCUT2D eigenvalue weighted by Gasteiger charge is 2.14. The lowest BCUT2D eigenvalue weighted by molar-refractivity contribution is 0.430. The number of nitrogens with zero attached hydrogens (tertiary/aromatic N) is 3. The fourth-order valence-corrected chi connectivity index (χ4v) is 3.38. The topological polar surface area (TPSA) is 100 Å².